The Kier molecular flexibility index (Phi) is 5.02. The van der Waals surface area contributed by atoms with Crippen molar-refractivity contribution in [2.75, 3.05) is 5.32 Å². The first-order valence-electron chi connectivity index (χ1n) is 7.01. The summed E-state index contributed by atoms with van der Waals surface area (Å²) in [6, 6.07) is 10.8. The number of halogens is 1. The maximum Gasteiger partial charge on any atom is 0.0720 e. The zero-order valence-corrected chi connectivity index (χ0v) is 13.0. The fraction of sp³-hybridized carbons (Fsp3) is 0.353. The number of nitrogens with zero attached hydrogens (tertiary/aromatic N) is 1. The van der Waals surface area contributed by atoms with Crippen molar-refractivity contribution in [3.8, 4) is 0 Å². The summed E-state index contributed by atoms with van der Waals surface area (Å²) in [6.07, 6.45) is 4.57. The number of nitrogens with one attached hydrogen (secondary N) is 1. The van der Waals surface area contributed by atoms with Gasteiger partial charge in [-0.15, -0.1) is 0 Å². The Hall–Kier alpha value is -1.54. The fourth-order valence-electron chi connectivity index (χ4n) is 2.21. The van der Waals surface area contributed by atoms with Gasteiger partial charge in [0.1, 0.15) is 0 Å². The highest BCUT2D eigenvalue weighted by molar-refractivity contribution is 6.33. The number of aromatic nitrogens is 1. The number of rotatable bonds is 5. The van der Waals surface area contributed by atoms with E-state index < -0.39 is 0 Å². The third-order valence-electron chi connectivity index (χ3n) is 3.26. The molecule has 0 aliphatic heterocycles. The molecule has 2 aromatic rings. The smallest absolute Gasteiger partial charge is 0.0720 e. The molecule has 0 radical (unpaired) electrons. The molecule has 2 rings (SSSR count). The SMILES string of the molecule is CC(C)Cc1ccc(C(C)Nc2cnccc2Cl)cc1. The Balaban J connectivity index is 2.06. The normalized spacial score (nSPS) is 12.4. The zero-order valence-electron chi connectivity index (χ0n) is 12.2. The molecule has 0 bridgehead atoms. The third-order valence-corrected chi connectivity index (χ3v) is 3.59. The van der Waals surface area contributed by atoms with Crippen molar-refractivity contribution in [2.24, 2.45) is 5.92 Å². The first-order chi connectivity index (χ1) is 9.56. The van der Waals surface area contributed by atoms with Crippen LogP contribution < -0.4 is 5.32 Å². The van der Waals surface area contributed by atoms with Crippen LogP contribution in [-0.2, 0) is 6.42 Å². The van der Waals surface area contributed by atoms with Gasteiger partial charge in [-0.25, -0.2) is 0 Å². The molecule has 1 N–H and O–H groups in total. The lowest BCUT2D eigenvalue weighted by atomic mass is 10.00. The largest absolute Gasteiger partial charge is 0.376 e. The van der Waals surface area contributed by atoms with Crippen molar-refractivity contribution in [1.29, 1.82) is 0 Å². The third kappa shape index (κ3) is 3.97. The van der Waals surface area contributed by atoms with Crippen molar-refractivity contribution < 1.29 is 0 Å². The van der Waals surface area contributed by atoms with E-state index >= 15 is 0 Å². The van der Waals surface area contributed by atoms with E-state index in [0.717, 1.165) is 12.1 Å². The van der Waals surface area contributed by atoms with E-state index in [2.05, 4.69) is 55.3 Å². The molecule has 0 spiro atoms. The molecule has 0 saturated carbocycles. The van der Waals surface area contributed by atoms with E-state index in [0.29, 0.717) is 10.9 Å². The van der Waals surface area contributed by atoms with Crippen LogP contribution in [0.5, 0.6) is 0 Å². The average Bonchev–Trinajstić information content (AvgIpc) is 2.41. The molecule has 1 unspecified atom stereocenters. The molecule has 20 heavy (non-hydrogen) atoms. The van der Waals surface area contributed by atoms with Crippen molar-refractivity contribution in [3.05, 3.63) is 58.9 Å². The molecule has 0 saturated heterocycles. The summed E-state index contributed by atoms with van der Waals surface area (Å²) in [7, 11) is 0. The van der Waals surface area contributed by atoms with Crippen molar-refractivity contribution in [3.63, 3.8) is 0 Å². The second kappa shape index (κ2) is 6.76. The van der Waals surface area contributed by atoms with Crippen LogP contribution in [-0.4, -0.2) is 4.98 Å². The van der Waals surface area contributed by atoms with Gasteiger partial charge in [0.2, 0.25) is 0 Å². The Bertz CT molecular complexity index is 549. The molecule has 1 atom stereocenters. The van der Waals surface area contributed by atoms with Crippen LogP contribution in [0.3, 0.4) is 0 Å². The summed E-state index contributed by atoms with van der Waals surface area (Å²) in [4.78, 5) is 4.09. The van der Waals surface area contributed by atoms with E-state index in [4.69, 9.17) is 11.6 Å². The Labute approximate surface area is 126 Å². The van der Waals surface area contributed by atoms with Crippen LogP contribution in [0.1, 0.15) is 37.9 Å². The van der Waals surface area contributed by atoms with Crippen LogP contribution in [0.4, 0.5) is 5.69 Å². The second-order valence-electron chi connectivity index (χ2n) is 5.56. The van der Waals surface area contributed by atoms with Gasteiger partial charge in [0, 0.05) is 12.2 Å². The summed E-state index contributed by atoms with van der Waals surface area (Å²) in [6.45, 7) is 6.60. The Morgan fingerprint density at radius 3 is 2.40 bits per heavy atom. The summed E-state index contributed by atoms with van der Waals surface area (Å²) in [5.74, 6) is 0.686. The van der Waals surface area contributed by atoms with Crippen molar-refractivity contribution >= 4 is 17.3 Å². The van der Waals surface area contributed by atoms with Gasteiger partial charge in [0.25, 0.3) is 0 Å². The molecular weight excluding hydrogens is 268 g/mol. The fourth-order valence-corrected chi connectivity index (χ4v) is 2.37. The lowest BCUT2D eigenvalue weighted by Gasteiger charge is -2.17. The molecule has 0 aliphatic carbocycles. The zero-order chi connectivity index (χ0) is 14.5. The predicted molar refractivity (Wildman–Crippen MR) is 86.3 cm³/mol. The molecule has 1 aromatic heterocycles. The van der Waals surface area contributed by atoms with Crippen LogP contribution in [0.2, 0.25) is 5.02 Å². The molecule has 0 amide bonds. The highest BCUT2D eigenvalue weighted by Crippen LogP contribution is 2.25. The first kappa shape index (κ1) is 14.9. The Morgan fingerprint density at radius 1 is 1.10 bits per heavy atom. The standard InChI is InChI=1S/C17H21ClN2/c1-12(2)10-14-4-6-15(7-5-14)13(3)20-17-11-19-9-8-16(17)18/h4-9,11-13,20H,10H2,1-3H3. The summed E-state index contributed by atoms with van der Waals surface area (Å²) >= 11 is 6.14. The van der Waals surface area contributed by atoms with Gasteiger partial charge in [-0.1, -0.05) is 49.7 Å². The highest BCUT2D eigenvalue weighted by Gasteiger charge is 2.08. The lowest BCUT2D eigenvalue weighted by molar-refractivity contribution is 0.647. The van der Waals surface area contributed by atoms with Gasteiger partial charge in [-0.3, -0.25) is 4.98 Å². The van der Waals surface area contributed by atoms with Crippen LogP contribution in [0.25, 0.3) is 0 Å². The minimum absolute atomic E-state index is 0.199. The van der Waals surface area contributed by atoms with E-state index in [1.165, 1.54) is 11.1 Å². The molecule has 1 heterocycles. The monoisotopic (exact) mass is 288 g/mol. The molecular formula is C17H21ClN2. The molecule has 1 aromatic carbocycles. The van der Waals surface area contributed by atoms with E-state index in [9.17, 15) is 0 Å². The van der Waals surface area contributed by atoms with Gasteiger partial charge < -0.3 is 5.32 Å². The van der Waals surface area contributed by atoms with Gasteiger partial charge in [0.05, 0.1) is 16.9 Å². The molecule has 0 aliphatic rings. The van der Waals surface area contributed by atoms with Crippen molar-refractivity contribution in [2.45, 2.75) is 33.2 Å². The van der Waals surface area contributed by atoms with E-state index in [1.54, 1.807) is 18.5 Å². The number of benzene rings is 1. The predicted octanol–water partition coefficient (Wildman–Crippen LogP) is 5.11. The van der Waals surface area contributed by atoms with Gasteiger partial charge in [0.15, 0.2) is 0 Å². The van der Waals surface area contributed by atoms with Gasteiger partial charge in [-0.05, 0) is 36.5 Å². The summed E-state index contributed by atoms with van der Waals surface area (Å²) < 4.78 is 0. The molecule has 3 heteroatoms. The summed E-state index contributed by atoms with van der Waals surface area (Å²) in [5.41, 5.74) is 3.50. The number of hydrogen-bond acceptors (Lipinski definition) is 2. The van der Waals surface area contributed by atoms with E-state index in [1.807, 2.05) is 0 Å². The quantitative estimate of drug-likeness (QED) is 0.827. The topological polar surface area (TPSA) is 24.9 Å². The van der Waals surface area contributed by atoms with Gasteiger partial charge >= 0.3 is 0 Å². The molecule has 0 fully saturated rings. The van der Waals surface area contributed by atoms with Crippen molar-refractivity contribution in [1.82, 2.24) is 4.98 Å². The lowest BCUT2D eigenvalue weighted by Crippen LogP contribution is -2.07. The second-order valence-corrected chi connectivity index (χ2v) is 5.97. The average molecular weight is 289 g/mol. The number of hydrogen-bond donors (Lipinski definition) is 1. The summed E-state index contributed by atoms with van der Waals surface area (Å²) in [5, 5.41) is 4.09. The van der Waals surface area contributed by atoms with Crippen LogP contribution in [0.15, 0.2) is 42.7 Å². The first-order valence-corrected chi connectivity index (χ1v) is 7.39. The van der Waals surface area contributed by atoms with Gasteiger partial charge in [-0.2, -0.15) is 0 Å². The van der Waals surface area contributed by atoms with Crippen LogP contribution >= 0.6 is 11.6 Å². The minimum Gasteiger partial charge on any atom is -0.376 e. The minimum atomic E-state index is 0.199. The van der Waals surface area contributed by atoms with E-state index in [-0.39, 0.29) is 6.04 Å². The highest BCUT2D eigenvalue weighted by atomic mass is 35.5. The molecule has 106 valence electrons. The maximum absolute atomic E-state index is 6.14. The number of anilines is 1. The maximum atomic E-state index is 6.14. The number of pyridine rings is 1. The molecule has 2 nitrogen and oxygen atoms in total. The van der Waals surface area contributed by atoms with Crippen LogP contribution in [0, 0.1) is 5.92 Å². The Morgan fingerprint density at radius 2 is 1.80 bits per heavy atom.